The number of nitrogens with zero attached hydrogens (tertiary/aromatic N) is 1. The summed E-state index contributed by atoms with van der Waals surface area (Å²) in [5, 5.41) is 14.0. The van der Waals surface area contributed by atoms with Crippen LogP contribution >= 0.6 is 7.82 Å². The van der Waals surface area contributed by atoms with Gasteiger partial charge in [-0.15, -0.1) is 0 Å². The molecule has 0 aromatic rings. The number of phosphoric ester groups is 1. The number of carbonyl (C=O) groups excluding carboxylic acids is 1. The minimum absolute atomic E-state index is 0.0536. The van der Waals surface area contributed by atoms with Crippen molar-refractivity contribution in [3.8, 4) is 0 Å². The van der Waals surface area contributed by atoms with Gasteiger partial charge in [0.05, 0.1) is 39.9 Å². The van der Waals surface area contributed by atoms with Gasteiger partial charge in [0, 0.05) is 6.42 Å². The van der Waals surface area contributed by atoms with Crippen molar-refractivity contribution in [2.75, 3.05) is 40.9 Å². The average Bonchev–Trinajstić information content (AvgIpc) is 3.41. The molecule has 0 saturated heterocycles. The molecule has 8 nitrogen and oxygen atoms in total. The lowest BCUT2D eigenvalue weighted by atomic mass is 10.0. The first kappa shape index (κ1) is 76.2. The van der Waals surface area contributed by atoms with Crippen molar-refractivity contribution in [2.24, 2.45) is 0 Å². The van der Waals surface area contributed by atoms with Gasteiger partial charge in [0.1, 0.15) is 13.2 Å². The fourth-order valence-corrected chi connectivity index (χ4v) is 10.7. The van der Waals surface area contributed by atoms with Crippen molar-refractivity contribution in [1.82, 2.24) is 5.32 Å². The lowest BCUT2D eigenvalue weighted by Crippen LogP contribution is -2.45. The molecule has 0 aromatic heterocycles. The Labute approximate surface area is 485 Å². The Morgan fingerprint density at radius 3 is 1.10 bits per heavy atom. The highest BCUT2D eigenvalue weighted by Gasteiger charge is 2.28. The summed E-state index contributed by atoms with van der Waals surface area (Å²) in [6.07, 6.45) is 82.2. The van der Waals surface area contributed by atoms with Crippen LogP contribution in [-0.4, -0.2) is 73.4 Å². The lowest BCUT2D eigenvalue weighted by molar-refractivity contribution is -0.870. The van der Waals surface area contributed by atoms with Crippen LogP contribution in [0.3, 0.4) is 0 Å². The van der Waals surface area contributed by atoms with Crippen LogP contribution in [0.5, 0.6) is 0 Å². The Hall–Kier alpha value is -1.80. The SMILES string of the molecule is CCCCCCC/C=C\C/C=C\CCCCCCCCCCCCCCCCCCCCCCCC(=O)NC(COP(=O)(O)OCC[N+](C)(C)C)C(O)/C=C/CC/C=C/CC/C=C/CCCCCCCCCCCCCCC. The molecule has 0 saturated carbocycles. The number of amides is 1. The van der Waals surface area contributed by atoms with E-state index in [1.54, 1.807) is 6.08 Å². The summed E-state index contributed by atoms with van der Waals surface area (Å²) < 4.78 is 23.8. The Bertz CT molecular complexity index is 1450. The van der Waals surface area contributed by atoms with E-state index in [1.165, 1.54) is 250 Å². The number of likely N-dealkylation sites (N-methyl/N-ethyl adjacent to an activating group) is 1. The summed E-state index contributed by atoms with van der Waals surface area (Å²) in [6.45, 7) is 4.81. The van der Waals surface area contributed by atoms with Crippen molar-refractivity contribution >= 4 is 13.7 Å². The third-order valence-corrected chi connectivity index (χ3v) is 16.2. The predicted molar refractivity (Wildman–Crippen MR) is 341 cm³/mol. The molecular weight excluding hydrogens is 984 g/mol. The number of nitrogens with one attached hydrogen (secondary N) is 1. The fraction of sp³-hybridized carbons (Fsp3) is 0.841. The van der Waals surface area contributed by atoms with Crippen molar-refractivity contribution in [3.05, 3.63) is 60.8 Å². The van der Waals surface area contributed by atoms with Gasteiger partial charge >= 0.3 is 7.82 Å². The second-order valence-electron chi connectivity index (χ2n) is 24.2. The van der Waals surface area contributed by atoms with E-state index in [4.69, 9.17) is 9.05 Å². The molecule has 0 rings (SSSR count). The van der Waals surface area contributed by atoms with Crippen LogP contribution in [0.4, 0.5) is 0 Å². The van der Waals surface area contributed by atoms with Crippen molar-refractivity contribution < 1.29 is 32.9 Å². The molecule has 0 radical (unpaired) electrons. The van der Waals surface area contributed by atoms with Gasteiger partial charge in [-0.25, -0.2) is 4.57 Å². The molecule has 0 aliphatic carbocycles. The van der Waals surface area contributed by atoms with E-state index >= 15 is 0 Å². The van der Waals surface area contributed by atoms with Gasteiger partial charge in [0.25, 0.3) is 0 Å². The van der Waals surface area contributed by atoms with Crippen LogP contribution < -0.4 is 5.32 Å². The second-order valence-corrected chi connectivity index (χ2v) is 25.6. The number of phosphoric acid groups is 1. The zero-order valence-electron chi connectivity index (χ0n) is 52.4. The normalized spacial score (nSPS) is 14.1. The van der Waals surface area contributed by atoms with Crippen LogP contribution in [0.2, 0.25) is 0 Å². The molecule has 3 atom stereocenters. The Morgan fingerprint density at radius 1 is 0.436 bits per heavy atom. The van der Waals surface area contributed by atoms with Crippen molar-refractivity contribution in [1.29, 1.82) is 0 Å². The molecule has 78 heavy (non-hydrogen) atoms. The van der Waals surface area contributed by atoms with Gasteiger partial charge in [0.15, 0.2) is 0 Å². The van der Waals surface area contributed by atoms with Crippen LogP contribution in [0.1, 0.15) is 322 Å². The minimum atomic E-state index is -4.36. The van der Waals surface area contributed by atoms with E-state index in [1.807, 2.05) is 27.2 Å². The molecule has 0 aliphatic heterocycles. The van der Waals surface area contributed by atoms with E-state index in [0.717, 1.165) is 51.4 Å². The van der Waals surface area contributed by atoms with Gasteiger partial charge in [0.2, 0.25) is 5.91 Å². The van der Waals surface area contributed by atoms with E-state index < -0.39 is 20.0 Å². The highest BCUT2D eigenvalue weighted by atomic mass is 31.2. The van der Waals surface area contributed by atoms with E-state index in [9.17, 15) is 19.4 Å². The molecule has 0 heterocycles. The molecule has 3 unspecified atom stereocenters. The van der Waals surface area contributed by atoms with Gasteiger partial charge < -0.3 is 19.8 Å². The third-order valence-electron chi connectivity index (χ3n) is 15.2. The van der Waals surface area contributed by atoms with Gasteiger partial charge in [-0.05, 0) is 77.0 Å². The number of rotatable bonds is 62. The van der Waals surface area contributed by atoms with Crippen LogP contribution in [0.25, 0.3) is 0 Å². The lowest BCUT2D eigenvalue weighted by Gasteiger charge is -2.25. The van der Waals surface area contributed by atoms with Gasteiger partial charge in [-0.3, -0.25) is 13.8 Å². The molecule has 0 aliphatic rings. The van der Waals surface area contributed by atoms with E-state index in [0.29, 0.717) is 17.4 Å². The first-order valence-electron chi connectivity index (χ1n) is 33.7. The zero-order chi connectivity index (χ0) is 57.0. The molecule has 458 valence electrons. The summed E-state index contributed by atoms with van der Waals surface area (Å²) in [4.78, 5) is 23.4. The number of hydrogen-bond acceptors (Lipinski definition) is 5. The molecule has 0 spiro atoms. The number of hydrogen-bond donors (Lipinski definition) is 3. The van der Waals surface area contributed by atoms with E-state index in [-0.39, 0.29) is 19.1 Å². The Kier molecular flexibility index (Phi) is 58.4. The number of carbonyl (C=O) groups is 1. The maximum Gasteiger partial charge on any atom is 0.472 e. The Balaban J connectivity index is 4.10. The molecule has 1 amide bonds. The maximum atomic E-state index is 13.0. The molecule has 0 bridgehead atoms. The number of allylic oxidation sites excluding steroid dienone is 9. The molecule has 3 N–H and O–H groups in total. The van der Waals surface area contributed by atoms with Crippen LogP contribution in [0.15, 0.2) is 60.8 Å². The summed E-state index contributed by atoms with van der Waals surface area (Å²) in [5.41, 5.74) is 0. The first-order valence-corrected chi connectivity index (χ1v) is 35.2. The maximum absolute atomic E-state index is 13.0. The Morgan fingerprint density at radius 2 is 0.744 bits per heavy atom. The van der Waals surface area contributed by atoms with Gasteiger partial charge in [-0.1, -0.05) is 299 Å². The van der Waals surface area contributed by atoms with Crippen molar-refractivity contribution in [3.63, 3.8) is 0 Å². The largest absolute Gasteiger partial charge is 0.472 e. The molecule has 0 fully saturated rings. The van der Waals surface area contributed by atoms with Crippen LogP contribution in [-0.2, 0) is 18.4 Å². The topological polar surface area (TPSA) is 105 Å². The highest BCUT2D eigenvalue weighted by Crippen LogP contribution is 2.43. The number of aliphatic hydroxyl groups excluding tert-OH is 1. The minimum Gasteiger partial charge on any atom is -0.387 e. The fourth-order valence-electron chi connectivity index (χ4n) is 9.93. The number of unbranched alkanes of at least 4 members (excludes halogenated alkanes) is 41. The summed E-state index contributed by atoms with van der Waals surface area (Å²) in [7, 11) is 1.55. The predicted octanol–water partition coefficient (Wildman–Crippen LogP) is 21.2. The average molecular weight is 1120 g/mol. The third kappa shape index (κ3) is 61.8. The molecular formula is C69H132N2O6P+. The second kappa shape index (κ2) is 59.8. The molecule has 9 heteroatoms. The molecule has 0 aromatic carbocycles. The quantitative estimate of drug-likeness (QED) is 0.0243. The number of aliphatic hydroxyl groups is 1. The smallest absolute Gasteiger partial charge is 0.387 e. The summed E-state index contributed by atoms with van der Waals surface area (Å²) >= 11 is 0. The standard InChI is InChI=1S/C69H131N2O6P/c1-6-8-10-12-14-16-18-20-22-24-26-28-30-31-32-33-34-35-36-37-38-39-41-43-45-47-49-51-53-55-57-59-61-63-69(73)70-67(66-77-78(74,75)76-65-64-71(3,4)5)68(72)62-60-58-56-54-52-50-48-46-44-42-40-29-27-25-23-21-19-17-15-13-11-9-7-2/h18,20,24,26,44,46,52,54,60,62,67-68,72H,6-17,19,21-23,25,27-43,45,47-51,53,55-59,61,63-66H2,1-5H3,(H-,70,73,74,75)/p+1/b20-18-,26-24-,46-44+,54-52+,62-60+. The zero-order valence-corrected chi connectivity index (χ0v) is 53.3. The first-order chi connectivity index (χ1) is 38.0. The highest BCUT2D eigenvalue weighted by molar-refractivity contribution is 7.47. The summed E-state index contributed by atoms with van der Waals surface area (Å²) in [6, 6.07) is -0.871. The summed E-state index contributed by atoms with van der Waals surface area (Å²) in [5.74, 6) is -0.186. The van der Waals surface area contributed by atoms with Gasteiger partial charge in [-0.2, -0.15) is 0 Å². The van der Waals surface area contributed by atoms with E-state index in [2.05, 4.69) is 67.8 Å². The van der Waals surface area contributed by atoms with Crippen molar-refractivity contribution in [2.45, 2.75) is 334 Å². The number of quaternary nitrogens is 1. The van der Waals surface area contributed by atoms with Crippen LogP contribution in [0, 0.1) is 0 Å². The monoisotopic (exact) mass is 1120 g/mol.